The maximum absolute atomic E-state index is 5.83. The highest BCUT2D eigenvalue weighted by atomic mass is 16.5. The number of methoxy groups -OCH3 is 2. The standard InChI is InChI=1S/C11H20N4O2/c1-9(8-17-3)15(6-7-16-2)11-10(12)13-4-5-14-11/h4-5,9H,6-8H2,1-3H3,(H2,12,13). The summed E-state index contributed by atoms with van der Waals surface area (Å²) in [6.45, 7) is 3.95. The number of aromatic nitrogens is 2. The molecule has 2 N–H and O–H groups in total. The van der Waals surface area contributed by atoms with Crippen molar-refractivity contribution < 1.29 is 9.47 Å². The van der Waals surface area contributed by atoms with Crippen LogP contribution < -0.4 is 10.6 Å². The Morgan fingerprint density at radius 3 is 2.59 bits per heavy atom. The Balaban J connectivity index is 2.85. The summed E-state index contributed by atoms with van der Waals surface area (Å²) in [5, 5.41) is 0. The van der Waals surface area contributed by atoms with Crippen LogP contribution in [0.4, 0.5) is 11.6 Å². The first-order valence-electron chi connectivity index (χ1n) is 5.51. The quantitative estimate of drug-likeness (QED) is 0.750. The van der Waals surface area contributed by atoms with E-state index >= 15 is 0 Å². The molecule has 0 bridgehead atoms. The molecule has 1 aromatic rings. The molecule has 0 amide bonds. The van der Waals surface area contributed by atoms with Crippen molar-refractivity contribution in [2.45, 2.75) is 13.0 Å². The lowest BCUT2D eigenvalue weighted by molar-refractivity contribution is 0.170. The molecule has 1 heterocycles. The fourth-order valence-electron chi connectivity index (χ4n) is 1.62. The first kappa shape index (κ1) is 13.7. The van der Waals surface area contributed by atoms with Gasteiger partial charge in [0.1, 0.15) is 0 Å². The van der Waals surface area contributed by atoms with Gasteiger partial charge in [0.25, 0.3) is 0 Å². The first-order chi connectivity index (χ1) is 8.20. The van der Waals surface area contributed by atoms with E-state index in [-0.39, 0.29) is 6.04 Å². The largest absolute Gasteiger partial charge is 0.383 e. The molecule has 0 aromatic carbocycles. The Kier molecular flexibility index (Phi) is 5.65. The summed E-state index contributed by atoms with van der Waals surface area (Å²) in [4.78, 5) is 10.3. The smallest absolute Gasteiger partial charge is 0.171 e. The number of rotatable bonds is 7. The van der Waals surface area contributed by atoms with Gasteiger partial charge in [-0.1, -0.05) is 0 Å². The zero-order chi connectivity index (χ0) is 12.7. The third-order valence-electron chi connectivity index (χ3n) is 2.45. The minimum atomic E-state index is 0.161. The molecule has 6 nitrogen and oxygen atoms in total. The van der Waals surface area contributed by atoms with E-state index in [0.717, 1.165) is 0 Å². The van der Waals surface area contributed by atoms with Crippen LogP contribution in [0.15, 0.2) is 12.4 Å². The second-order valence-corrected chi connectivity index (χ2v) is 3.76. The van der Waals surface area contributed by atoms with Crippen molar-refractivity contribution in [3.63, 3.8) is 0 Å². The van der Waals surface area contributed by atoms with Gasteiger partial charge in [0, 0.05) is 33.2 Å². The number of nitrogen functional groups attached to an aromatic ring is 1. The van der Waals surface area contributed by atoms with Gasteiger partial charge in [-0.2, -0.15) is 0 Å². The molecule has 0 fully saturated rings. The fourth-order valence-corrected chi connectivity index (χ4v) is 1.62. The van der Waals surface area contributed by atoms with Crippen LogP contribution in [0.25, 0.3) is 0 Å². The minimum absolute atomic E-state index is 0.161. The summed E-state index contributed by atoms with van der Waals surface area (Å²) < 4.78 is 10.2. The number of nitrogens with two attached hydrogens (primary N) is 1. The SMILES string of the molecule is COCCN(c1nccnc1N)C(C)COC. The summed E-state index contributed by atoms with van der Waals surface area (Å²) in [7, 11) is 3.34. The molecule has 0 aliphatic carbocycles. The van der Waals surface area contributed by atoms with E-state index in [0.29, 0.717) is 31.4 Å². The molecule has 1 unspecified atom stereocenters. The third-order valence-corrected chi connectivity index (χ3v) is 2.45. The van der Waals surface area contributed by atoms with E-state index in [4.69, 9.17) is 15.2 Å². The van der Waals surface area contributed by atoms with Crippen molar-refractivity contribution in [3.05, 3.63) is 12.4 Å². The van der Waals surface area contributed by atoms with Gasteiger partial charge in [0.2, 0.25) is 0 Å². The number of ether oxygens (including phenoxy) is 2. The average Bonchev–Trinajstić information content (AvgIpc) is 2.32. The number of anilines is 2. The number of hydrogen-bond acceptors (Lipinski definition) is 6. The van der Waals surface area contributed by atoms with E-state index < -0.39 is 0 Å². The number of nitrogens with zero attached hydrogens (tertiary/aromatic N) is 3. The van der Waals surface area contributed by atoms with Gasteiger partial charge in [-0.25, -0.2) is 9.97 Å². The van der Waals surface area contributed by atoms with Gasteiger partial charge < -0.3 is 20.1 Å². The highest BCUT2D eigenvalue weighted by Gasteiger charge is 2.18. The summed E-state index contributed by atoms with van der Waals surface area (Å²) in [6, 6.07) is 0.161. The monoisotopic (exact) mass is 240 g/mol. The lowest BCUT2D eigenvalue weighted by Crippen LogP contribution is -2.39. The Morgan fingerprint density at radius 1 is 1.29 bits per heavy atom. The van der Waals surface area contributed by atoms with Gasteiger partial charge in [0.15, 0.2) is 11.6 Å². The summed E-state index contributed by atoms with van der Waals surface area (Å²) >= 11 is 0. The normalized spacial score (nSPS) is 12.4. The van der Waals surface area contributed by atoms with Crippen molar-refractivity contribution in [3.8, 4) is 0 Å². The lowest BCUT2D eigenvalue weighted by atomic mass is 10.3. The van der Waals surface area contributed by atoms with Crippen LogP contribution in [0.1, 0.15) is 6.92 Å². The lowest BCUT2D eigenvalue weighted by Gasteiger charge is -2.29. The highest BCUT2D eigenvalue weighted by Crippen LogP contribution is 2.19. The van der Waals surface area contributed by atoms with Gasteiger partial charge in [-0.05, 0) is 6.92 Å². The molecule has 17 heavy (non-hydrogen) atoms. The van der Waals surface area contributed by atoms with E-state index in [1.807, 2.05) is 11.8 Å². The zero-order valence-electron chi connectivity index (χ0n) is 10.6. The van der Waals surface area contributed by atoms with Crippen LogP contribution in [0.2, 0.25) is 0 Å². The Hall–Kier alpha value is -1.40. The summed E-state index contributed by atoms with van der Waals surface area (Å²) in [6.07, 6.45) is 3.21. The first-order valence-corrected chi connectivity index (χ1v) is 5.51. The van der Waals surface area contributed by atoms with E-state index in [9.17, 15) is 0 Å². The Bertz CT molecular complexity index is 335. The molecule has 0 saturated heterocycles. The molecule has 1 aromatic heterocycles. The molecular weight excluding hydrogens is 220 g/mol. The van der Waals surface area contributed by atoms with Crippen LogP contribution >= 0.6 is 0 Å². The van der Waals surface area contributed by atoms with E-state index in [2.05, 4.69) is 9.97 Å². The molecule has 1 rings (SSSR count). The molecule has 6 heteroatoms. The third kappa shape index (κ3) is 3.83. The molecule has 1 atom stereocenters. The zero-order valence-corrected chi connectivity index (χ0v) is 10.6. The van der Waals surface area contributed by atoms with Crippen molar-refractivity contribution in [1.82, 2.24) is 9.97 Å². The predicted octanol–water partition coefficient (Wildman–Crippen LogP) is 0.546. The Morgan fingerprint density at radius 2 is 2.00 bits per heavy atom. The molecule has 0 spiro atoms. The second-order valence-electron chi connectivity index (χ2n) is 3.76. The van der Waals surface area contributed by atoms with Gasteiger partial charge in [-0.15, -0.1) is 0 Å². The van der Waals surface area contributed by atoms with Crippen LogP contribution in [-0.2, 0) is 9.47 Å². The topological polar surface area (TPSA) is 73.5 Å². The van der Waals surface area contributed by atoms with Crippen LogP contribution in [-0.4, -0.2) is 50.0 Å². The van der Waals surface area contributed by atoms with Crippen molar-refractivity contribution in [2.24, 2.45) is 0 Å². The van der Waals surface area contributed by atoms with Crippen LogP contribution in [0, 0.1) is 0 Å². The maximum atomic E-state index is 5.83. The molecular formula is C11H20N4O2. The predicted molar refractivity (Wildman–Crippen MR) is 67.0 cm³/mol. The maximum Gasteiger partial charge on any atom is 0.171 e. The van der Waals surface area contributed by atoms with Crippen molar-refractivity contribution in [2.75, 3.05) is 44.6 Å². The summed E-state index contributed by atoms with van der Waals surface area (Å²) in [5.41, 5.74) is 5.83. The minimum Gasteiger partial charge on any atom is -0.383 e. The summed E-state index contributed by atoms with van der Waals surface area (Å²) in [5.74, 6) is 1.10. The fraction of sp³-hybridized carbons (Fsp3) is 0.636. The van der Waals surface area contributed by atoms with Crippen molar-refractivity contribution >= 4 is 11.6 Å². The molecule has 0 radical (unpaired) electrons. The van der Waals surface area contributed by atoms with E-state index in [1.54, 1.807) is 26.6 Å². The Labute approximate surface area is 102 Å². The molecule has 96 valence electrons. The van der Waals surface area contributed by atoms with Crippen LogP contribution in [0.5, 0.6) is 0 Å². The molecule has 0 aliphatic heterocycles. The van der Waals surface area contributed by atoms with Gasteiger partial charge >= 0.3 is 0 Å². The molecule has 0 aliphatic rings. The van der Waals surface area contributed by atoms with Gasteiger partial charge in [0.05, 0.1) is 19.3 Å². The highest BCUT2D eigenvalue weighted by molar-refractivity contribution is 5.57. The van der Waals surface area contributed by atoms with E-state index in [1.165, 1.54) is 0 Å². The average molecular weight is 240 g/mol. The van der Waals surface area contributed by atoms with Gasteiger partial charge in [-0.3, -0.25) is 0 Å². The second kappa shape index (κ2) is 7.03. The van der Waals surface area contributed by atoms with Crippen LogP contribution in [0.3, 0.4) is 0 Å². The number of hydrogen-bond donors (Lipinski definition) is 1. The molecule has 0 saturated carbocycles. The van der Waals surface area contributed by atoms with Crippen molar-refractivity contribution in [1.29, 1.82) is 0 Å².